The summed E-state index contributed by atoms with van der Waals surface area (Å²) in [5.74, 6) is 0. The SMILES string of the molecule is CC#N.NCCN(CCN)CCN. The van der Waals surface area contributed by atoms with Crippen LogP contribution in [0.5, 0.6) is 0 Å². The van der Waals surface area contributed by atoms with Gasteiger partial charge < -0.3 is 17.2 Å². The van der Waals surface area contributed by atoms with Crippen molar-refractivity contribution in [1.29, 1.82) is 5.26 Å². The first-order chi connectivity index (χ1) is 6.26. The van der Waals surface area contributed by atoms with Crippen molar-refractivity contribution >= 4 is 0 Å². The molecule has 78 valence electrons. The molecule has 13 heavy (non-hydrogen) atoms. The fourth-order valence-electron chi connectivity index (χ4n) is 0.883. The summed E-state index contributed by atoms with van der Waals surface area (Å²) in [6.07, 6.45) is 0. The van der Waals surface area contributed by atoms with Gasteiger partial charge in [0.2, 0.25) is 0 Å². The maximum absolute atomic E-state index is 7.32. The van der Waals surface area contributed by atoms with Crippen molar-refractivity contribution in [3.05, 3.63) is 0 Å². The summed E-state index contributed by atoms with van der Waals surface area (Å²) in [4.78, 5) is 2.17. The van der Waals surface area contributed by atoms with E-state index in [4.69, 9.17) is 22.5 Å². The third kappa shape index (κ3) is 14.2. The largest absolute Gasteiger partial charge is 0.329 e. The van der Waals surface area contributed by atoms with E-state index in [1.807, 2.05) is 0 Å². The molecule has 0 spiro atoms. The lowest BCUT2D eigenvalue weighted by molar-refractivity contribution is 0.297. The number of nitrogens with two attached hydrogens (primary N) is 3. The summed E-state index contributed by atoms with van der Waals surface area (Å²) in [6, 6.07) is 1.75. The Hall–Kier alpha value is -0.670. The van der Waals surface area contributed by atoms with E-state index < -0.39 is 0 Å². The lowest BCUT2D eigenvalue weighted by Crippen LogP contribution is -2.37. The van der Waals surface area contributed by atoms with Crippen LogP contribution >= 0.6 is 0 Å². The maximum atomic E-state index is 7.32. The summed E-state index contributed by atoms with van der Waals surface area (Å²) in [7, 11) is 0. The minimum absolute atomic E-state index is 0.681. The van der Waals surface area contributed by atoms with E-state index in [2.05, 4.69) is 4.90 Å². The van der Waals surface area contributed by atoms with Gasteiger partial charge in [0.05, 0.1) is 6.07 Å². The number of rotatable bonds is 6. The molecule has 0 bridgehead atoms. The highest BCUT2D eigenvalue weighted by atomic mass is 15.1. The third-order valence-electron chi connectivity index (χ3n) is 1.34. The number of hydrogen-bond acceptors (Lipinski definition) is 5. The van der Waals surface area contributed by atoms with Gasteiger partial charge in [-0.25, -0.2) is 0 Å². The van der Waals surface area contributed by atoms with Crippen LogP contribution in [-0.2, 0) is 0 Å². The molecule has 0 radical (unpaired) electrons. The Kier molecular flexibility index (Phi) is 15.8. The van der Waals surface area contributed by atoms with Crippen LogP contribution in [0.15, 0.2) is 0 Å². The van der Waals surface area contributed by atoms with E-state index in [1.165, 1.54) is 6.92 Å². The molecule has 0 saturated heterocycles. The molecule has 0 aliphatic rings. The Balaban J connectivity index is 0. The van der Waals surface area contributed by atoms with E-state index in [0.29, 0.717) is 19.6 Å². The molecular weight excluding hydrogens is 166 g/mol. The smallest absolute Gasteiger partial charge is 0.0587 e. The third-order valence-corrected chi connectivity index (χ3v) is 1.34. The monoisotopic (exact) mass is 187 g/mol. The highest BCUT2D eigenvalue weighted by molar-refractivity contribution is 4.58. The topological polar surface area (TPSA) is 105 Å². The molecule has 0 fully saturated rings. The zero-order chi connectivity index (χ0) is 10.5. The van der Waals surface area contributed by atoms with Crippen LogP contribution in [0.2, 0.25) is 0 Å². The predicted molar refractivity (Wildman–Crippen MR) is 54.9 cm³/mol. The minimum Gasteiger partial charge on any atom is -0.329 e. The average Bonchev–Trinajstić information content (AvgIpc) is 2.07. The molecule has 6 N–H and O–H groups in total. The Labute approximate surface area is 80.5 Å². The van der Waals surface area contributed by atoms with Crippen molar-refractivity contribution in [1.82, 2.24) is 4.90 Å². The lowest BCUT2D eigenvalue weighted by atomic mass is 10.4. The van der Waals surface area contributed by atoms with Crippen molar-refractivity contribution in [3.63, 3.8) is 0 Å². The van der Waals surface area contributed by atoms with Crippen LogP contribution in [0, 0.1) is 11.3 Å². The molecule has 0 heterocycles. The van der Waals surface area contributed by atoms with E-state index >= 15 is 0 Å². The van der Waals surface area contributed by atoms with E-state index in [1.54, 1.807) is 6.07 Å². The second-order valence-electron chi connectivity index (χ2n) is 2.43. The maximum Gasteiger partial charge on any atom is 0.0587 e. The van der Waals surface area contributed by atoms with Gasteiger partial charge >= 0.3 is 0 Å². The Morgan fingerprint density at radius 1 is 1.00 bits per heavy atom. The van der Waals surface area contributed by atoms with Crippen LogP contribution in [0.4, 0.5) is 0 Å². The van der Waals surface area contributed by atoms with Gasteiger partial charge in [0, 0.05) is 46.2 Å². The van der Waals surface area contributed by atoms with E-state index in [0.717, 1.165) is 19.6 Å². The Morgan fingerprint density at radius 3 is 1.38 bits per heavy atom. The molecule has 0 rings (SSSR count). The van der Waals surface area contributed by atoms with Crippen molar-refractivity contribution in [2.45, 2.75) is 6.92 Å². The second-order valence-corrected chi connectivity index (χ2v) is 2.43. The zero-order valence-corrected chi connectivity index (χ0v) is 8.37. The van der Waals surface area contributed by atoms with Crippen LogP contribution in [0.1, 0.15) is 6.92 Å². The first-order valence-corrected chi connectivity index (χ1v) is 4.40. The Bertz CT molecular complexity index is 106. The fraction of sp³-hybridized carbons (Fsp3) is 0.875. The highest BCUT2D eigenvalue weighted by Crippen LogP contribution is 1.81. The van der Waals surface area contributed by atoms with Gasteiger partial charge in [-0.05, 0) is 0 Å². The molecular formula is C8H21N5. The molecule has 0 saturated carbocycles. The van der Waals surface area contributed by atoms with Gasteiger partial charge in [0.1, 0.15) is 0 Å². The van der Waals surface area contributed by atoms with Crippen LogP contribution < -0.4 is 17.2 Å². The minimum atomic E-state index is 0.681. The molecule has 0 unspecified atom stereocenters. The Morgan fingerprint density at radius 2 is 1.23 bits per heavy atom. The summed E-state index contributed by atoms with van der Waals surface area (Å²) in [6.45, 7) is 6.16. The van der Waals surface area contributed by atoms with Crippen molar-refractivity contribution < 1.29 is 0 Å². The highest BCUT2D eigenvalue weighted by Gasteiger charge is 1.98. The first-order valence-electron chi connectivity index (χ1n) is 4.40. The normalized spacial score (nSPS) is 8.92. The number of nitrogens with zero attached hydrogens (tertiary/aromatic N) is 2. The van der Waals surface area contributed by atoms with Gasteiger partial charge in [-0.15, -0.1) is 0 Å². The molecule has 0 amide bonds. The quantitative estimate of drug-likeness (QED) is 0.479. The molecule has 0 aliphatic heterocycles. The first kappa shape index (κ1) is 14.8. The fourth-order valence-corrected chi connectivity index (χ4v) is 0.883. The van der Waals surface area contributed by atoms with E-state index in [9.17, 15) is 0 Å². The van der Waals surface area contributed by atoms with Crippen LogP contribution in [0.25, 0.3) is 0 Å². The molecule has 0 aromatic carbocycles. The number of nitriles is 1. The van der Waals surface area contributed by atoms with Gasteiger partial charge in [0.25, 0.3) is 0 Å². The van der Waals surface area contributed by atoms with Crippen LogP contribution in [0.3, 0.4) is 0 Å². The second kappa shape index (κ2) is 13.9. The summed E-state index contributed by atoms with van der Waals surface area (Å²) < 4.78 is 0. The van der Waals surface area contributed by atoms with Gasteiger partial charge in [-0.2, -0.15) is 5.26 Å². The van der Waals surface area contributed by atoms with Crippen molar-refractivity contribution in [2.75, 3.05) is 39.3 Å². The molecule has 0 aromatic heterocycles. The summed E-state index contributed by atoms with van der Waals surface area (Å²) in [5, 5.41) is 7.32. The van der Waals surface area contributed by atoms with E-state index in [-0.39, 0.29) is 0 Å². The molecule has 5 heteroatoms. The average molecular weight is 187 g/mol. The van der Waals surface area contributed by atoms with Crippen molar-refractivity contribution in [2.24, 2.45) is 17.2 Å². The van der Waals surface area contributed by atoms with Crippen LogP contribution in [-0.4, -0.2) is 44.2 Å². The van der Waals surface area contributed by atoms with Gasteiger partial charge in [-0.1, -0.05) is 0 Å². The number of hydrogen-bond donors (Lipinski definition) is 3. The molecule has 0 aromatic rings. The summed E-state index contributed by atoms with van der Waals surface area (Å²) >= 11 is 0. The lowest BCUT2D eigenvalue weighted by Gasteiger charge is -2.18. The van der Waals surface area contributed by atoms with Gasteiger partial charge in [0.15, 0.2) is 0 Å². The summed E-state index contributed by atoms with van der Waals surface area (Å²) in [5.41, 5.74) is 16.1. The van der Waals surface area contributed by atoms with Crippen molar-refractivity contribution in [3.8, 4) is 6.07 Å². The zero-order valence-electron chi connectivity index (χ0n) is 8.37. The standard InChI is InChI=1S/C6H18N4.C2H3N/c7-1-4-10(5-2-8)6-3-9;1-2-3/h1-9H2;1H3. The predicted octanol–water partition coefficient (Wildman–Crippen LogP) is -1.31. The molecule has 0 aliphatic carbocycles. The van der Waals surface area contributed by atoms with Gasteiger partial charge in [-0.3, -0.25) is 4.90 Å². The molecule has 0 atom stereocenters. The molecule has 5 nitrogen and oxygen atoms in total.